The van der Waals surface area contributed by atoms with Gasteiger partial charge < -0.3 is 10.2 Å². The standard InChI is InChI=1S/C11H19F2N3.HI/c1-16-7-6-14-10(16)15-8-9-2-4-11(12,13)5-3-9;/h9H,2-8H2,1H3,(H,14,15);1H. The molecule has 0 radical (unpaired) electrons. The number of rotatable bonds is 2. The van der Waals surface area contributed by atoms with Gasteiger partial charge in [0.2, 0.25) is 5.92 Å². The Balaban J connectivity index is 0.00000144. The van der Waals surface area contributed by atoms with Gasteiger partial charge in [0.05, 0.1) is 6.54 Å². The van der Waals surface area contributed by atoms with Crippen molar-refractivity contribution < 1.29 is 8.78 Å². The Morgan fingerprint density at radius 1 is 1.41 bits per heavy atom. The summed E-state index contributed by atoms with van der Waals surface area (Å²) in [6.45, 7) is 2.56. The molecule has 0 amide bonds. The van der Waals surface area contributed by atoms with Crippen molar-refractivity contribution in [2.75, 3.05) is 26.7 Å². The maximum Gasteiger partial charge on any atom is 0.248 e. The molecule has 6 heteroatoms. The number of alkyl halides is 2. The van der Waals surface area contributed by atoms with Crippen molar-refractivity contribution in [3.8, 4) is 0 Å². The van der Waals surface area contributed by atoms with E-state index in [1.807, 2.05) is 7.05 Å². The van der Waals surface area contributed by atoms with Gasteiger partial charge in [-0.15, -0.1) is 24.0 Å². The summed E-state index contributed by atoms with van der Waals surface area (Å²) in [6.07, 6.45) is 1.33. The number of hydrogen-bond acceptors (Lipinski definition) is 3. The molecule has 2 aliphatic rings. The van der Waals surface area contributed by atoms with E-state index in [9.17, 15) is 8.78 Å². The minimum absolute atomic E-state index is 0. The number of nitrogens with zero attached hydrogens (tertiary/aromatic N) is 2. The first-order chi connectivity index (χ1) is 7.57. The van der Waals surface area contributed by atoms with Crippen molar-refractivity contribution >= 4 is 29.9 Å². The summed E-state index contributed by atoms with van der Waals surface area (Å²) < 4.78 is 25.9. The monoisotopic (exact) mass is 359 g/mol. The number of nitrogens with one attached hydrogen (secondary N) is 1. The molecule has 0 aromatic heterocycles. The smallest absolute Gasteiger partial charge is 0.248 e. The second-order valence-electron chi connectivity index (χ2n) is 4.81. The van der Waals surface area contributed by atoms with E-state index in [-0.39, 0.29) is 36.8 Å². The van der Waals surface area contributed by atoms with Crippen LogP contribution in [0, 0.1) is 5.92 Å². The average molecular weight is 359 g/mol. The SMILES string of the molecule is CN1CCN=C1NCC1CCC(F)(F)CC1.I. The minimum atomic E-state index is -2.42. The van der Waals surface area contributed by atoms with Crippen LogP contribution < -0.4 is 5.32 Å². The van der Waals surface area contributed by atoms with Crippen molar-refractivity contribution in [1.29, 1.82) is 0 Å². The summed E-state index contributed by atoms with van der Waals surface area (Å²) >= 11 is 0. The molecular weight excluding hydrogens is 339 g/mol. The Morgan fingerprint density at radius 2 is 2.06 bits per heavy atom. The summed E-state index contributed by atoms with van der Waals surface area (Å²) in [5.41, 5.74) is 0. The molecule has 1 saturated carbocycles. The van der Waals surface area contributed by atoms with E-state index in [4.69, 9.17) is 0 Å². The molecule has 0 atom stereocenters. The summed E-state index contributed by atoms with van der Waals surface area (Å²) in [5.74, 6) is -1.13. The van der Waals surface area contributed by atoms with Gasteiger partial charge in [0, 0.05) is 33.0 Å². The van der Waals surface area contributed by atoms with Crippen LogP contribution in [-0.4, -0.2) is 43.5 Å². The zero-order chi connectivity index (χ0) is 11.6. The van der Waals surface area contributed by atoms with E-state index in [2.05, 4.69) is 15.2 Å². The zero-order valence-corrected chi connectivity index (χ0v) is 12.4. The third kappa shape index (κ3) is 4.22. The first-order valence-electron chi connectivity index (χ1n) is 5.94. The Bertz CT molecular complexity index is 274. The van der Waals surface area contributed by atoms with Crippen LogP contribution in [-0.2, 0) is 0 Å². The van der Waals surface area contributed by atoms with E-state index in [1.165, 1.54) is 0 Å². The molecule has 0 spiro atoms. The van der Waals surface area contributed by atoms with Crippen molar-refractivity contribution in [2.24, 2.45) is 10.9 Å². The second-order valence-corrected chi connectivity index (χ2v) is 4.81. The molecule has 1 aliphatic heterocycles. The minimum Gasteiger partial charge on any atom is -0.356 e. The highest BCUT2D eigenvalue weighted by atomic mass is 127. The zero-order valence-electron chi connectivity index (χ0n) is 10.1. The molecule has 0 aromatic carbocycles. The molecule has 1 fully saturated rings. The van der Waals surface area contributed by atoms with Gasteiger partial charge in [0.15, 0.2) is 5.96 Å². The van der Waals surface area contributed by atoms with Gasteiger partial charge in [-0.05, 0) is 18.8 Å². The fraction of sp³-hybridized carbons (Fsp3) is 0.909. The van der Waals surface area contributed by atoms with Crippen LogP contribution >= 0.6 is 24.0 Å². The predicted molar refractivity (Wildman–Crippen MR) is 75.3 cm³/mol. The Kier molecular flexibility index (Phi) is 5.40. The van der Waals surface area contributed by atoms with Crippen LogP contribution in [0.15, 0.2) is 4.99 Å². The van der Waals surface area contributed by atoms with E-state index in [0.29, 0.717) is 18.8 Å². The van der Waals surface area contributed by atoms with Crippen molar-refractivity contribution in [3.05, 3.63) is 0 Å². The fourth-order valence-electron chi connectivity index (χ4n) is 2.26. The van der Waals surface area contributed by atoms with Crippen molar-refractivity contribution in [1.82, 2.24) is 10.2 Å². The van der Waals surface area contributed by atoms with Crippen LogP contribution in [0.1, 0.15) is 25.7 Å². The lowest BCUT2D eigenvalue weighted by Crippen LogP contribution is -2.39. The molecule has 2 rings (SSSR count). The van der Waals surface area contributed by atoms with Crippen LogP contribution in [0.3, 0.4) is 0 Å². The average Bonchev–Trinajstić information content (AvgIpc) is 2.63. The molecule has 0 bridgehead atoms. The van der Waals surface area contributed by atoms with Crippen molar-refractivity contribution in [2.45, 2.75) is 31.6 Å². The second kappa shape index (κ2) is 6.15. The number of aliphatic imine (C=N–C) groups is 1. The lowest BCUT2D eigenvalue weighted by atomic mass is 9.87. The molecule has 0 aromatic rings. The summed E-state index contributed by atoms with van der Waals surface area (Å²) in [6, 6.07) is 0. The van der Waals surface area contributed by atoms with E-state index in [1.54, 1.807) is 0 Å². The van der Waals surface area contributed by atoms with Crippen LogP contribution in [0.5, 0.6) is 0 Å². The largest absolute Gasteiger partial charge is 0.356 e. The summed E-state index contributed by atoms with van der Waals surface area (Å²) in [5, 5.41) is 3.26. The topological polar surface area (TPSA) is 27.6 Å². The highest BCUT2D eigenvalue weighted by molar-refractivity contribution is 14.0. The van der Waals surface area contributed by atoms with Gasteiger partial charge in [-0.3, -0.25) is 4.99 Å². The number of hydrogen-bond donors (Lipinski definition) is 1. The van der Waals surface area contributed by atoms with Gasteiger partial charge in [0.25, 0.3) is 0 Å². The molecule has 17 heavy (non-hydrogen) atoms. The van der Waals surface area contributed by atoms with E-state index >= 15 is 0 Å². The molecule has 1 heterocycles. The van der Waals surface area contributed by atoms with E-state index in [0.717, 1.165) is 25.6 Å². The first-order valence-corrected chi connectivity index (χ1v) is 5.94. The number of likely N-dealkylation sites (N-methyl/N-ethyl adjacent to an activating group) is 1. The maximum absolute atomic E-state index is 12.9. The molecule has 3 nitrogen and oxygen atoms in total. The highest BCUT2D eigenvalue weighted by Gasteiger charge is 2.34. The number of guanidine groups is 1. The Hall–Kier alpha value is -0.140. The third-order valence-corrected chi connectivity index (χ3v) is 3.44. The lowest BCUT2D eigenvalue weighted by Gasteiger charge is -2.29. The molecule has 1 N–H and O–H groups in total. The van der Waals surface area contributed by atoms with Gasteiger partial charge >= 0.3 is 0 Å². The quantitative estimate of drug-likeness (QED) is 0.767. The number of halogens is 3. The van der Waals surface area contributed by atoms with Gasteiger partial charge in [-0.25, -0.2) is 8.78 Å². The van der Waals surface area contributed by atoms with Gasteiger partial charge in [0.1, 0.15) is 0 Å². The summed E-state index contributed by atoms with van der Waals surface area (Å²) in [7, 11) is 1.99. The van der Waals surface area contributed by atoms with Gasteiger partial charge in [-0.2, -0.15) is 0 Å². The maximum atomic E-state index is 12.9. The predicted octanol–water partition coefficient (Wildman–Crippen LogP) is 2.32. The van der Waals surface area contributed by atoms with E-state index < -0.39 is 5.92 Å². The fourth-order valence-corrected chi connectivity index (χ4v) is 2.26. The normalized spacial score (nSPS) is 24.2. The first kappa shape index (κ1) is 14.9. The molecule has 0 saturated heterocycles. The van der Waals surface area contributed by atoms with Crippen molar-refractivity contribution in [3.63, 3.8) is 0 Å². The Morgan fingerprint density at radius 3 is 2.59 bits per heavy atom. The lowest BCUT2D eigenvalue weighted by molar-refractivity contribution is -0.0451. The summed E-state index contributed by atoms with van der Waals surface area (Å²) in [4.78, 5) is 6.38. The van der Waals surface area contributed by atoms with Crippen LogP contribution in [0.25, 0.3) is 0 Å². The molecule has 0 unspecified atom stereocenters. The highest BCUT2D eigenvalue weighted by Crippen LogP contribution is 2.35. The van der Waals surface area contributed by atoms with Crippen LogP contribution in [0.4, 0.5) is 8.78 Å². The van der Waals surface area contributed by atoms with Crippen LogP contribution in [0.2, 0.25) is 0 Å². The molecule has 1 aliphatic carbocycles. The molecule has 100 valence electrons. The third-order valence-electron chi connectivity index (χ3n) is 3.44. The Labute approximate surface area is 118 Å². The van der Waals surface area contributed by atoms with Gasteiger partial charge in [-0.1, -0.05) is 0 Å². The molecular formula is C11H20F2IN3.